The second-order valence-electron chi connectivity index (χ2n) is 6.71. The fourth-order valence-electron chi connectivity index (χ4n) is 3.63. The number of hydrogen-bond acceptors (Lipinski definition) is 0. The van der Waals surface area contributed by atoms with Crippen molar-refractivity contribution in [3.05, 3.63) is 70.5 Å². The molecule has 0 spiro atoms. The highest BCUT2D eigenvalue weighted by molar-refractivity contribution is 5.91. The third-order valence-corrected chi connectivity index (χ3v) is 5.25. The second-order valence-corrected chi connectivity index (χ2v) is 6.71. The average Bonchev–Trinajstić information content (AvgIpc) is 3.24. The van der Waals surface area contributed by atoms with Gasteiger partial charge in [-0.25, -0.2) is 0 Å². The van der Waals surface area contributed by atoms with E-state index in [-0.39, 0.29) is 0 Å². The highest BCUT2D eigenvalue weighted by Crippen LogP contribution is 2.31. The Bertz CT molecular complexity index is 938. The first kappa shape index (κ1) is 19.8. The van der Waals surface area contributed by atoms with Gasteiger partial charge in [0, 0.05) is 30.3 Å². The Morgan fingerprint density at radius 1 is 0.769 bits per heavy atom. The Hall–Kier alpha value is -2.48. The van der Waals surface area contributed by atoms with Crippen LogP contribution in [0.15, 0.2) is 42.7 Å². The van der Waals surface area contributed by atoms with Gasteiger partial charge in [-0.15, -0.1) is 0 Å². The predicted molar refractivity (Wildman–Crippen MR) is 116 cm³/mol. The molecule has 1 N–H and O–H groups in total. The molecule has 0 aliphatic carbocycles. The highest BCUT2D eigenvalue weighted by atomic mass is 14.9. The maximum atomic E-state index is 3.12. The molecule has 2 heteroatoms. The van der Waals surface area contributed by atoms with Crippen LogP contribution in [0.3, 0.4) is 0 Å². The number of benzene rings is 2. The van der Waals surface area contributed by atoms with Crippen molar-refractivity contribution in [2.45, 2.75) is 48.5 Å². The lowest BCUT2D eigenvalue weighted by Gasteiger charge is -2.12. The summed E-state index contributed by atoms with van der Waals surface area (Å²) in [4.78, 5) is 3.12. The number of aromatic nitrogens is 2. The van der Waals surface area contributed by atoms with Gasteiger partial charge in [0.2, 0.25) is 0 Å². The zero-order valence-corrected chi connectivity index (χ0v) is 17.5. The molecule has 4 rings (SSSR count). The number of H-pyrrole nitrogens is 1. The van der Waals surface area contributed by atoms with Gasteiger partial charge in [-0.2, -0.15) is 0 Å². The standard InChI is InChI=1S/C14H19N.C8H7N.C2H6/c1-8-7-15(6)14-12(5)10(3)9(2)11(4)13(8)14;1-2-4-8-7(3-1)5-6-9-8;1-2/h7H,1-6H3;1-6,9H;1-2H3. The minimum atomic E-state index is 1.21. The largest absolute Gasteiger partial charge is 0.361 e. The van der Waals surface area contributed by atoms with Gasteiger partial charge >= 0.3 is 0 Å². The Balaban J connectivity index is 0.000000188. The van der Waals surface area contributed by atoms with Crippen LogP contribution >= 0.6 is 0 Å². The van der Waals surface area contributed by atoms with Crippen LogP contribution in [-0.2, 0) is 7.05 Å². The molecular formula is C24H32N2. The number of fused-ring (bicyclic) bond motifs is 2. The van der Waals surface area contributed by atoms with E-state index < -0.39 is 0 Å². The molecule has 2 aromatic carbocycles. The van der Waals surface area contributed by atoms with Gasteiger partial charge in [0.25, 0.3) is 0 Å². The van der Waals surface area contributed by atoms with Crippen LogP contribution < -0.4 is 0 Å². The fourth-order valence-corrected chi connectivity index (χ4v) is 3.63. The first-order chi connectivity index (χ1) is 12.4. The van der Waals surface area contributed by atoms with Crippen molar-refractivity contribution >= 4 is 21.8 Å². The van der Waals surface area contributed by atoms with Crippen molar-refractivity contribution in [1.29, 1.82) is 0 Å². The molecular weight excluding hydrogens is 316 g/mol. The van der Waals surface area contributed by atoms with E-state index in [4.69, 9.17) is 0 Å². The lowest BCUT2D eigenvalue weighted by atomic mass is 9.94. The minimum Gasteiger partial charge on any atom is -0.361 e. The highest BCUT2D eigenvalue weighted by Gasteiger charge is 2.13. The Morgan fingerprint density at radius 3 is 2.04 bits per heavy atom. The lowest BCUT2D eigenvalue weighted by molar-refractivity contribution is 0.957. The van der Waals surface area contributed by atoms with Crippen LogP contribution in [0.1, 0.15) is 41.7 Å². The van der Waals surface area contributed by atoms with E-state index in [0.29, 0.717) is 0 Å². The maximum Gasteiger partial charge on any atom is 0.0515 e. The molecule has 2 heterocycles. The van der Waals surface area contributed by atoms with Gasteiger partial charge in [-0.1, -0.05) is 32.0 Å². The molecule has 0 bridgehead atoms. The predicted octanol–water partition coefficient (Wildman–Crippen LogP) is 6.91. The van der Waals surface area contributed by atoms with Gasteiger partial charge in [0.1, 0.15) is 0 Å². The summed E-state index contributed by atoms with van der Waals surface area (Å²) in [7, 11) is 2.14. The zero-order chi connectivity index (χ0) is 19.4. The summed E-state index contributed by atoms with van der Waals surface area (Å²) in [6, 6.07) is 10.3. The van der Waals surface area contributed by atoms with Crippen LogP contribution in [0.25, 0.3) is 21.8 Å². The summed E-state index contributed by atoms with van der Waals surface area (Å²) in [6.45, 7) is 15.1. The van der Waals surface area contributed by atoms with Crippen LogP contribution in [0.4, 0.5) is 0 Å². The normalized spacial score (nSPS) is 10.3. The van der Waals surface area contributed by atoms with Crippen molar-refractivity contribution in [3.63, 3.8) is 0 Å². The summed E-state index contributed by atoms with van der Waals surface area (Å²) in [5, 5.41) is 2.72. The van der Waals surface area contributed by atoms with Crippen molar-refractivity contribution in [1.82, 2.24) is 9.55 Å². The second kappa shape index (κ2) is 8.27. The third kappa shape index (κ3) is 3.55. The van der Waals surface area contributed by atoms with E-state index in [0.717, 1.165) is 0 Å². The lowest BCUT2D eigenvalue weighted by Crippen LogP contribution is -1.96. The molecule has 4 aromatic rings. The molecule has 0 saturated heterocycles. The molecule has 0 atom stereocenters. The van der Waals surface area contributed by atoms with Gasteiger partial charge < -0.3 is 9.55 Å². The Labute approximate surface area is 157 Å². The van der Waals surface area contributed by atoms with E-state index in [1.54, 1.807) is 0 Å². The molecule has 26 heavy (non-hydrogen) atoms. The molecule has 2 aromatic heterocycles. The number of para-hydroxylation sites is 1. The van der Waals surface area contributed by atoms with Crippen LogP contribution in [0.2, 0.25) is 0 Å². The number of rotatable bonds is 0. The fraction of sp³-hybridized carbons (Fsp3) is 0.333. The van der Waals surface area contributed by atoms with E-state index >= 15 is 0 Å². The number of aryl methyl sites for hydroxylation is 4. The number of nitrogens with zero attached hydrogens (tertiary/aromatic N) is 1. The van der Waals surface area contributed by atoms with Gasteiger partial charge in [0.05, 0.1) is 5.52 Å². The quantitative estimate of drug-likeness (QED) is 0.356. The first-order valence-corrected chi connectivity index (χ1v) is 9.46. The van der Waals surface area contributed by atoms with Gasteiger partial charge in [-0.3, -0.25) is 0 Å². The molecule has 0 aliphatic rings. The molecule has 0 saturated carbocycles. The maximum absolute atomic E-state index is 3.12. The van der Waals surface area contributed by atoms with E-state index in [1.165, 1.54) is 49.6 Å². The van der Waals surface area contributed by atoms with E-state index in [2.05, 4.69) is 75.6 Å². The molecule has 0 fully saturated rings. The monoisotopic (exact) mass is 348 g/mol. The molecule has 0 radical (unpaired) electrons. The van der Waals surface area contributed by atoms with Crippen molar-refractivity contribution in [2.24, 2.45) is 7.05 Å². The third-order valence-electron chi connectivity index (χ3n) is 5.25. The summed E-state index contributed by atoms with van der Waals surface area (Å²) < 4.78 is 2.25. The molecule has 0 amide bonds. The Morgan fingerprint density at radius 2 is 1.38 bits per heavy atom. The minimum absolute atomic E-state index is 1.21. The SMILES string of the molecule is CC.Cc1c(C)c(C)c2c(c(C)cn2C)c1C.c1ccc2[nH]ccc2c1. The van der Waals surface area contributed by atoms with Crippen LogP contribution in [0, 0.1) is 34.6 Å². The van der Waals surface area contributed by atoms with Crippen molar-refractivity contribution < 1.29 is 0 Å². The van der Waals surface area contributed by atoms with Gasteiger partial charge in [0.15, 0.2) is 0 Å². The molecule has 0 unspecified atom stereocenters. The summed E-state index contributed by atoms with van der Waals surface area (Å²) >= 11 is 0. The topological polar surface area (TPSA) is 20.7 Å². The number of nitrogens with one attached hydrogen (secondary N) is 1. The first-order valence-electron chi connectivity index (χ1n) is 9.46. The summed E-state index contributed by atoms with van der Waals surface area (Å²) in [6.07, 6.45) is 4.17. The molecule has 2 nitrogen and oxygen atoms in total. The van der Waals surface area contributed by atoms with Crippen LogP contribution in [0.5, 0.6) is 0 Å². The molecule has 0 aliphatic heterocycles. The number of aromatic amines is 1. The average molecular weight is 349 g/mol. The number of hydrogen-bond donors (Lipinski definition) is 1. The Kier molecular flexibility index (Phi) is 6.31. The van der Waals surface area contributed by atoms with E-state index in [9.17, 15) is 0 Å². The summed E-state index contributed by atoms with van der Waals surface area (Å²) in [5.74, 6) is 0. The van der Waals surface area contributed by atoms with Crippen molar-refractivity contribution in [2.75, 3.05) is 0 Å². The smallest absolute Gasteiger partial charge is 0.0515 e. The van der Waals surface area contributed by atoms with Crippen LogP contribution in [-0.4, -0.2) is 9.55 Å². The molecule has 138 valence electrons. The van der Waals surface area contributed by atoms with Crippen molar-refractivity contribution in [3.8, 4) is 0 Å². The van der Waals surface area contributed by atoms with E-state index in [1.807, 2.05) is 32.2 Å². The zero-order valence-electron chi connectivity index (χ0n) is 17.5. The van der Waals surface area contributed by atoms with Gasteiger partial charge in [-0.05, 0) is 80.0 Å². The summed E-state index contributed by atoms with van der Waals surface area (Å²) in [5.41, 5.74) is 9.72.